The fraction of sp³-hybridized carbons (Fsp3) is 0.167. The van der Waals surface area contributed by atoms with Crippen molar-refractivity contribution in [2.24, 2.45) is 0 Å². The van der Waals surface area contributed by atoms with E-state index in [0.717, 1.165) is 0 Å². The first kappa shape index (κ1) is 12.3. The molecule has 0 heterocycles. The molecule has 0 aromatic heterocycles. The van der Waals surface area contributed by atoms with Gasteiger partial charge in [0.1, 0.15) is 4.91 Å². The molecule has 2 rings (SSSR count). The van der Waals surface area contributed by atoms with Crippen molar-refractivity contribution in [1.82, 2.24) is 0 Å². The minimum absolute atomic E-state index is 0.126. The number of hydrogen-bond acceptors (Lipinski definition) is 4. The Morgan fingerprint density at radius 3 is 2.06 bits per heavy atom. The van der Waals surface area contributed by atoms with E-state index in [4.69, 9.17) is 0 Å². The van der Waals surface area contributed by atoms with E-state index in [0.29, 0.717) is 16.0 Å². The number of fused-ring (bicyclic) bond motifs is 1. The van der Waals surface area contributed by atoms with Crippen molar-refractivity contribution in [3.63, 3.8) is 0 Å². The number of rotatable bonds is 2. The Balaban J connectivity index is 2.73. The van der Waals surface area contributed by atoms with Crippen LogP contribution in [-0.4, -0.2) is 28.3 Å². The van der Waals surface area contributed by atoms with Crippen LogP contribution in [0.5, 0.6) is 0 Å². The molecule has 0 bridgehead atoms. The monoisotopic (exact) mass is 266 g/mol. The third-order valence-corrected chi connectivity index (χ3v) is 4.42. The number of carbonyl (C=O) groups excluding carboxylic acids is 2. The number of thioether (sulfide) groups is 1. The number of benzene rings is 1. The van der Waals surface area contributed by atoms with Gasteiger partial charge in [0, 0.05) is 17.4 Å². The van der Waals surface area contributed by atoms with E-state index in [1.54, 1.807) is 30.5 Å². The van der Waals surface area contributed by atoms with Gasteiger partial charge in [-0.1, -0.05) is 24.3 Å². The molecule has 3 nitrogen and oxygen atoms in total. The third kappa shape index (κ3) is 1.89. The lowest BCUT2D eigenvalue weighted by Gasteiger charge is -2.17. The van der Waals surface area contributed by atoms with Crippen molar-refractivity contribution in [2.45, 2.75) is 0 Å². The summed E-state index contributed by atoms with van der Waals surface area (Å²) in [4.78, 5) is 24.7. The van der Waals surface area contributed by atoms with Gasteiger partial charge in [-0.25, -0.2) is 0 Å². The SMILES string of the molecule is CSC1=C(S(C)=O)C(=O)c2ccccc2C1=O. The Kier molecular flexibility index (Phi) is 3.31. The summed E-state index contributed by atoms with van der Waals surface area (Å²) in [6, 6.07) is 6.64. The highest BCUT2D eigenvalue weighted by atomic mass is 32.2. The zero-order valence-electron chi connectivity index (χ0n) is 9.35. The van der Waals surface area contributed by atoms with Crippen LogP contribution in [0.15, 0.2) is 34.1 Å². The molecule has 1 atom stereocenters. The minimum Gasteiger partial charge on any atom is -0.288 e. The van der Waals surface area contributed by atoms with Gasteiger partial charge in [-0.05, 0) is 6.26 Å². The molecule has 88 valence electrons. The summed E-state index contributed by atoms with van der Waals surface area (Å²) in [6.45, 7) is 0. The summed E-state index contributed by atoms with van der Waals surface area (Å²) in [7, 11) is -1.45. The van der Waals surface area contributed by atoms with Gasteiger partial charge < -0.3 is 0 Å². The molecular weight excluding hydrogens is 256 g/mol. The molecule has 0 fully saturated rings. The highest BCUT2D eigenvalue weighted by molar-refractivity contribution is 8.04. The zero-order chi connectivity index (χ0) is 12.6. The molecule has 0 saturated heterocycles. The van der Waals surface area contributed by atoms with E-state index in [-0.39, 0.29) is 16.5 Å². The standard InChI is InChI=1S/C12H10O3S2/c1-16-11-9(13)7-5-3-4-6-8(7)10(14)12(11)17(2)15/h3-6H,1-2H3. The van der Waals surface area contributed by atoms with Crippen molar-refractivity contribution in [3.05, 3.63) is 45.2 Å². The predicted molar refractivity (Wildman–Crippen MR) is 69.7 cm³/mol. The van der Waals surface area contributed by atoms with Crippen LogP contribution in [0.1, 0.15) is 20.7 Å². The van der Waals surface area contributed by atoms with Crippen molar-refractivity contribution >= 4 is 34.1 Å². The molecule has 0 N–H and O–H groups in total. The second kappa shape index (κ2) is 4.58. The van der Waals surface area contributed by atoms with E-state index in [9.17, 15) is 13.8 Å². The van der Waals surface area contributed by atoms with Gasteiger partial charge in [0.25, 0.3) is 0 Å². The highest BCUT2D eigenvalue weighted by Crippen LogP contribution is 2.32. The van der Waals surface area contributed by atoms with E-state index in [1.807, 2.05) is 0 Å². The molecule has 0 saturated carbocycles. The summed E-state index contributed by atoms with van der Waals surface area (Å²) in [5.41, 5.74) is 0.747. The Hall–Kier alpha value is -1.20. The summed E-state index contributed by atoms with van der Waals surface area (Å²) in [5.74, 6) is -0.511. The zero-order valence-corrected chi connectivity index (χ0v) is 11.0. The van der Waals surface area contributed by atoms with Crippen molar-refractivity contribution in [2.75, 3.05) is 12.5 Å². The lowest BCUT2D eigenvalue weighted by Crippen LogP contribution is -2.22. The quantitative estimate of drug-likeness (QED) is 0.821. The number of ketones is 2. The van der Waals surface area contributed by atoms with Crippen molar-refractivity contribution in [3.8, 4) is 0 Å². The summed E-state index contributed by atoms with van der Waals surface area (Å²) < 4.78 is 11.6. The first-order valence-corrected chi connectivity index (χ1v) is 7.66. The maximum atomic E-state index is 12.2. The van der Waals surface area contributed by atoms with Gasteiger partial charge in [0.2, 0.25) is 11.6 Å². The average molecular weight is 266 g/mol. The maximum Gasteiger partial charge on any atom is 0.203 e. The fourth-order valence-electron chi connectivity index (χ4n) is 1.78. The highest BCUT2D eigenvalue weighted by Gasteiger charge is 2.33. The van der Waals surface area contributed by atoms with Gasteiger partial charge in [0.05, 0.1) is 15.7 Å². The first-order chi connectivity index (χ1) is 8.07. The maximum absolute atomic E-state index is 12.2. The number of carbonyl (C=O) groups is 2. The molecule has 1 unspecified atom stereocenters. The Labute approximate surface area is 106 Å². The molecule has 5 heteroatoms. The first-order valence-electron chi connectivity index (χ1n) is 4.88. The lowest BCUT2D eigenvalue weighted by atomic mass is 9.94. The van der Waals surface area contributed by atoms with Crippen molar-refractivity contribution < 1.29 is 13.8 Å². The number of hydrogen-bond donors (Lipinski definition) is 0. The molecule has 1 aliphatic rings. The molecule has 0 radical (unpaired) electrons. The van der Waals surface area contributed by atoms with Crippen LogP contribution >= 0.6 is 11.8 Å². The van der Waals surface area contributed by atoms with Gasteiger partial charge in [-0.3, -0.25) is 13.8 Å². The van der Waals surface area contributed by atoms with Gasteiger partial charge in [0.15, 0.2) is 0 Å². The van der Waals surface area contributed by atoms with Gasteiger partial charge >= 0.3 is 0 Å². The molecule has 0 spiro atoms. The fourth-order valence-corrected chi connectivity index (χ4v) is 3.68. The molecule has 1 aromatic carbocycles. The Bertz CT molecular complexity index is 573. The molecule has 0 aliphatic heterocycles. The normalized spacial score (nSPS) is 17.1. The lowest BCUT2D eigenvalue weighted by molar-refractivity contribution is 0.0988. The Morgan fingerprint density at radius 2 is 1.59 bits per heavy atom. The molecule has 0 amide bonds. The van der Waals surface area contributed by atoms with E-state index >= 15 is 0 Å². The summed E-state index contributed by atoms with van der Waals surface area (Å²) in [6.07, 6.45) is 3.13. The second-order valence-corrected chi connectivity index (χ2v) is 5.65. The van der Waals surface area contributed by atoms with Gasteiger partial charge in [-0.2, -0.15) is 0 Å². The van der Waals surface area contributed by atoms with E-state index < -0.39 is 10.8 Å². The van der Waals surface area contributed by atoms with Crippen LogP contribution in [0.2, 0.25) is 0 Å². The predicted octanol–water partition coefficient (Wildman–Crippen LogP) is 2.02. The molecule has 17 heavy (non-hydrogen) atoms. The van der Waals surface area contributed by atoms with E-state index in [2.05, 4.69) is 0 Å². The third-order valence-electron chi connectivity index (χ3n) is 2.53. The van der Waals surface area contributed by atoms with Crippen LogP contribution in [0.25, 0.3) is 0 Å². The average Bonchev–Trinajstić information content (AvgIpc) is 2.33. The smallest absolute Gasteiger partial charge is 0.203 e. The van der Waals surface area contributed by atoms with Crippen LogP contribution in [0.3, 0.4) is 0 Å². The molecular formula is C12H10O3S2. The number of Topliss-reactive ketones (excluding diaryl/α,β-unsaturated/α-hetero) is 2. The number of allylic oxidation sites excluding steroid dienone is 2. The summed E-state index contributed by atoms with van der Waals surface area (Å²) >= 11 is 1.17. The van der Waals surface area contributed by atoms with Crippen LogP contribution in [0, 0.1) is 0 Å². The van der Waals surface area contributed by atoms with Gasteiger partial charge in [-0.15, -0.1) is 11.8 Å². The topological polar surface area (TPSA) is 51.2 Å². The summed E-state index contributed by atoms with van der Waals surface area (Å²) in [5, 5.41) is 0. The second-order valence-electron chi connectivity index (χ2n) is 3.52. The largest absolute Gasteiger partial charge is 0.288 e. The molecule has 1 aliphatic carbocycles. The van der Waals surface area contributed by atoms with Crippen LogP contribution in [0.4, 0.5) is 0 Å². The van der Waals surface area contributed by atoms with Crippen molar-refractivity contribution in [1.29, 1.82) is 0 Å². The minimum atomic E-state index is -1.45. The van der Waals surface area contributed by atoms with E-state index in [1.165, 1.54) is 18.0 Å². The molecule has 1 aromatic rings. The van der Waals surface area contributed by atoms with Crippen LogP contribution in [-0.2, 0) is 10.8 Å². The van der Waals surface area contributed by atoms with Crippen LogP contribution < -0.4 is 0 Å². The Morgan fingerprint density at radius 1 is 1.06 bits per heavy atom.